The standard InChI is InChI=1S/C13H20N2O2.ClH/c1-14-13-8-11(17-6-5-16-2)7-10-3-4-15-9-12(10)13;/h7-8,14-15H,3-6,9H2,1-2H3;1H. The summed E-state index contributed by atoms with van der Waals surface area (Å²) in [6, 6.07) is 4.20. The zero-order valence-corrected chi connectivity index (χ0v) is 11.7. The minimum absolute atomic E-state index is 0. The Morgan fingerprint density at radius 2 is 2.17 bits per heavy atom. The third-order valence-corrected chi connectivity index (χ3v) is 3.01. The Morgan fingerprint density at radius 3 is 2.89 bits per heavy atom. The van der Waals surface area contributed by atoms with Gasteiger partial charge in [0.1, 0.15) is 12.4 Å². The van der Waals surface area contributed by atoms with Crippen molar-refractivity contribution in [3.8, 4) is 5.75 Å². The second kappa shape index (κ2) is 7.46. The molecule has 0 saturated heterocycles. The Labute approximate surface area is 114 Å². The number of fused-ring (bicyclic) bond motifs is 1. The van der Waals surface area contributed by atoms with Gasteiger partial charge in [-0.25, -0.2) is 0 Å². The first-order chi connectivity index (χ1) is 8.35. The van der Waals surface area contributed by atoms with E-state index in [1.165, 1.54) is 11.1 Å². The normalized spacial score (nSPS) is 13.4. The number of halogens is 1. The van der Waals surface area contributed by atoms with Crippen molar-refractivity contribution in [1.82, 2.24) is 5.32 Å². The highest BCUT2D eigenvalue weighted by molar-refractivity contribution is 5.85. The summed E-state index contributed by atoms with van der Waals surface area (Å²) in [5.74, 6) is 0.923. The molecule has 0 unspecified atom stereocenters. The van der Waals surface area contributed by atoms with Crippen LogP contribution in [0.5, 0.6) is 5.75 Å². The van der Waals surface area contributed by atoms with Crippen LogP contribution >= 0.6 is 12.4 Å². The summed E-state index contributed by atoms with van der Waals surface area (Å²) in [6.07, 6.45) is 1.06. The summed E-state index contributed by atoms with van der Waals surface area (Å²) < 4.78 is 10.7. The Hall–Kier alpha value is -0.970. The van der Waals surface area contributed by atoms with Crippen molar-refractivity contribution in [2.75, 3.05) is 39.2 Å². The number of anilines is 1. The van der Waals surface area contributed by atoms with Gasteiger partial charge in [0.15, 0.2) is 0 Å². The molecular formula is C13H21ClN2O2. The van der Waals surface area contributed by atoms with Crippen LogP contribution in [0.1, 0.15) is 11.1 Å². The quantitative estimate of drug-likeness (QED) is 0.803. The molecule has 2 rings (SSSR count). The lowest BCUT2D eigenvalue weighted by atomic mass is 9.99. The Kier molecular flexibility index (Phi) is 6.25. The van der Waals surface area contributed by atoms with E-state index in [9.17, 15) is 0 Å². The highest BCUT2D eigenvalue weighted by Gasteiger charge is 2.14. The van der Waals surface area contributed by atoms with E-state index in [0.29, 0.717) is 13.2 Å². The molecule has 1 aliphatic heterocycles. The minimum atomic E-state index is 0. The molecule has 1 heterocycles. The first-order valence-corrected chi connectivity index (χ1v) is 6.01. The van der Waals surface area contributed by atoms with Crippen molar-refractivity contribution in [2.24, 2.45) is 0 Å². The molecule has 4 nitrogen and oxygen atoms in total. The van der Waals surface area contributed by atoms with Crippen LogP contribution in [0, 0.1) is 0 Å². The number of nitrogens with one attached hydrogen (secondary N) is 2. The van der Waals surface area contributed by atoms with Gasteiger partial charge in [0, 0.05) is 32.5 Å². The van der Waals surface area contributed by atoms with Crippen LogP contribution in [0.4, 0.5) is 5.69 Å². The van der Waals surface area contributed by atoms with E-state index in [4.69, 9.17) is 9.47 Å². The van der Waals surface area contributed by atoms with E-state index in [1.54, 1.807) is 7.11 Å². The lowest BCUT2D eigenvalue weighted by Crippen LogP contribution is -2.24. The maximum absolute atomic E-state index is 5.67. The van der Waals surface area contributed by atoms with E-state index in [1.807, 2.05) is 7.05 Å². The average Bonchev–Trinajstić information content (AvgIpc) is 2.38. The van der Waals surface area contributed by atoms with E-state index in [-0.39, 0.29) is 12.4 Å². The van der Waals surface area contributed by atoms with Crippen LogP contribution in [-0.2, 0) is 17.7 Å². The number of ether oxygens (including phenoxy) is 2. The van der Waals surface area contributed by atoms with Crippen LogP contribution in [-0.4, -0.2) is 33.9 Å². The molecule has 1 aromatic rings. The zero-order valence-electron chi connectivity index (χ0n) is 10.9. The zero-order chi connectivity index (χ0) is 12.1. The summed E-state index contributed by atoms with van der Waals surface area (Å²) >= 11 is 0. The number of hydrogen-bond donors (Lipinski definition) is 2. The van der Waals surface area contributed by atoms with E-state index in [0.717, 1.165) is 30.9 Å². The third-order valence-electron chi connectivity index (χ3n) is 3.01. The van der Waals surface area contributed by atoms with Gasteiger partial charge in [-0.05, 0) is 30.2 Å². The van der Waals surface area contributed by atoms with Crippen LogP contribution in [0.15, 0.2) is 12.1 Å². The van der Waals surface area contributed by atoms with Gasteiger partial charge in [0.05, 0.1) is 6.61 Å². The van der Waals surface area contributed by atoms with E-state index >= 15 is 0 Å². The van der Waals surface area contributed by atoms with Gasteiger partial charge in [-0.1, -0.05) is 0 Å². The van der Waals surface area contributed by atoms with Crippen LogP contribution < -0.4 is 15.4 Å². The van der Waals surface area contributed by atoms with Crippen molar-refractivity contribution in [3.63, 3.8) is 0 Å². The lowest BCUT2D eigenvalue weighted by Gasteiger charge is -2.21. The summed E-state index contributed by atoms with van der Waals surface area (Å²) in [5, 5.41) is 6.62. The second-order valence-corrected chi connectivity index (χ2v) is 4.13. The minimum Gasteiger partial charge on any atom is -0.491 e. The summed E-state index contributed by atoms with van der Waals surface area (Å²) in [6.45, 7) is 3.19. The highest BCUT2D eigenvalue weighted by Crippen LogP contribution is 2.28. The first kappa shape index (κ1) is 15.1. The molecule has 0 atom stereocenters. The number of hydrogen-bond acceptors (Lipinski definition) is 4. The molecule has 5 heteroatoms. The molecular weight excluding hydrogens is 252 g/mol. The van der Waals surface area contributed by atoms with Crippen molar-refractivity contribution in [2.45, 2.75) is 13.0 Å². The van der Waals surface area contributed by atoms with Gasteiger partial charge >= 0.3 is 0 Å². The monoisotopic (exact) mass is 272 g/mol. The van der Waals surface area contributed by atoms with Gasteiger partial charge in [-0.3, -0.25) is 0 Å². The maximum Gasteiger partial charge on any atom is 0.121 e. The number of methoxy groups -OCH3 is 1. The van der Waals surface area contributed by atoms with Gasteiger partial charge in [-0.2, -0.15) is 0 Å². The molecule has 2 N–H and O–H groups in total. The summed E-state index contributed by atoms with van der Waals surface area (Å²) in [5.41, 5.74) is 3.89. The smallest absolute Gasteiger partial charge is 0.121 e. The first-order valence-electron chi connectivity index (χ1n) is 6.01. The fourth-order valence-corrected chi connectivity index (χ4v) is 2.12. The van der Waals surface area contributed by atoms with Crippen LogP contribution in [0.25, 0.3) is 0 Å². The maximum atomic E-state index is 5.67. The van der Waals surface area contributed by atoms with Crippen molar-refractivity contribution < 1.29 is 9.47 Å². The second-order valence-electron chi connectivity index (χ2n) is 4.13. The molecule has 1 aliphatic rings. The van der Waals surface area contributed by atoms with Gasteiger partial charge in [0.25, 0.3) is 0 Å². The number of benzene rings is 1. The lowest BCUT2D eigenvalue weighted by molar-refractivity contribution is 0.146. The van der Waals surface area contributed by atoms with Gasteiger partial charge < -0.3 is 20.1 Å². The Bertz CT molecular complexity index is 368. The van der Waals surface area contributed by atoms with E-state index < -0.39 is 0 Å². The highest BCUT2D eigenvalue weighted by atomic mass is 35.5. The molecule has 0 radical (unpaired) electrons. The number of rotatable bonds is 5. The molecule has 0 amide bonds. The molecule has 0 bridgehead atoms. The van der Waals surface area contributed by atoms with E-state index in [2.05, 4.69) is 22.8 Å². The topological polar surface area (TPSA) is 42.5 Å². The SMILES string of the molecule is CNc1cc(OCCOC)cc2c1CNCC2.Cl. The fourth-order valence-electron chi connectivity index (χ4n) is 2.12. The predicted octanol–water partition coefficient (Wildman–Crippen LogP) is 1.82. The van der Waals surface area contributed by atoms with Crippen molar-refractivity contribution >= 4 is 18.1 Å². The van der Waals surface area contributed by atoms with Crippen molar-refractivity contribution in [1.29, 1.82) is 0 Å². The Balaban J connectivity index is 0.00000162. The summed E-state index contributed by atoms with van der Waals surface area (Å²) in [4.78, 5) is 0. The van der Waals surface area contributed by atoms with Gasteiger partial charge in [0.2, 0.25) is 0 Å². The van der Waals surface area contributed by atoms with Crippen LogP contribution in [0.3, 0.4) is 0 Å². The predicted molar refractivity (Wildman–Crippen MR) is 76.0 cm³/mol. The fraction of sp³-hybridized carbons (Fsp3) is 0.538. The molecule has 1 aromatic carbocycles. The molecule has 102 valence electrons. The molecule has 0 fully saturated rings. The van der Waals surface area contributed by atoms with Crippen LogP contribution in [0.2, 0.25) is 0 Å². The van der Waals surface area contributed by atoms with Gasteiger partial charge in [-0.15, -0.1) is 12.4 Å². The molecule has 0 spiro atoms. The molecule has 0 aliphatic carbocycles. The molecule has 0 saturated carbocycles. The largest absolute Gasteiger partial charge is 0.491 e. The molecule has 0 aromatic heterocycles. The third kappa shape index (κ3) is 3.51. The van der Waals surface area contributed by atoms with Crippen molar-refractivity contribution in [3.05, 3.63) is 23.3 Å². The summed E-state index contributed by atoms with van der Waals surface area (Å²) in [7, 11) is 3.63. The Morgan fingerprint density at radius 1 is 1.33 bits per heavy atom. The average molecular weight is 273 g/mol. The molecule has 18 heavy (non-hydrogen) atoms.